The molecule has 1 fully saturated rings. The van der Waals surface area contributed by atoms with Crippen molar-refractivity contribution in [2.75, 3.05) is 57.9 Å². The molecule has 3 rings (SSSR count). The number of morpholine rings is 1. The van der Waals surface area contributed by atoms with Gasteiger partial charge in [-0.25, -0.2) is 4.79 Å². The number of amides is 2. The lowest BCUT2D eigenvalue weighted by atomic mass is 10.0. The first kappa shape index (κ1) is 25.5. The third-order valence-electron chi connectivity index (χ3n) is 5.59. The molecule has 0 spiro atoms. The molecule has 1 heterocycles. The van der Waals surface area contributed by atoms with Crippen LogP contribution in [0.15, 0.2) is 53.0 Å². The molecule has 0 saturated carbocycles. The van der Waals surface area contributed by atoms with E-state index in [9.17, 15) is 9.90 Å². The van der Waals surface area contributed by atoms with E-state index in [1.54, 1.807) is 4.90 Å². The van der Waals surface area contributed by atoms with Gasteiger partial charge in [0.25, 0.3) is 0 Å². The van der Waals surface area contributed by atoms with Crippen molar-refractivity contribution in [2.45, 2.75) is 25.9 Å². The highest BCUT2D eigenvalue weighted by molar-refractivity contribution is 9.10. The molecule has 2 aromatic carbocycles. The van der Waals surface area contributed by atoms with Crippen molar-refractivity contribution in [2.24, 2.45) is 0 Å². The van der Waals surface area contributed by atoms with Crippen LogP contribution in [0.4, 0.5) is 10.5 Å². The smallest absolute Gasteiger partial charge is 0.321 e. The third-order valence-corrected chi connectivity index (χ3v) is 6.12. The number of carbonyl (C=O) groups is 1. The minimum Gasteiger partial charge on any atom is -0.491 e. The van der Waals surface area contributed by atoms with Gasteiger partial charge < -0.3 is 24.8 Å². The van der Waals surface area contributed by atoms with Gasteiger partial charge in [0.2, 0.25) is 0 Å². The van der Waals surface area contributed by atoms with Crippen LogP contribution in [0.25, 0.3) is 0 Å². The van der Waals surface area contributed by atoms with Gasteiger partial charge in [-0.1, -0.05) is 41.9 Å². The number of halogens is 1. The standard InChI is InChI=1S/C25H34BrN3O4/c1-19(2)20-3-9-24(10-4-20)33-18-23(30)17-29(12-11-28-13-15-32-16-14-28)25(31)27-22-7-5-21(26)6-8-22/h3-10,19,23,30H,11-18H2,1-2H3,(H,27,31). The predicted molar refractivity (Wildman–Crippen MR) is 134 cm³/mol. The molecule has 8 heteroatoms. The summed E-state index contributed by atoms with van der Waals surface area (Å²) in [6.07, 6.45) is -0.810. The maximum Gasteiger partial charge on any atom is 0.321 e. The average Bonchev–Trinajstić information content (AvgIpc) is 2.82. The summed E-state index contributed by atoms with van der Waals surface area (Å²) in [6, 6.07) is 15.1. The number of urea groups is 1. The first-order valence-corrected chi connectivity index (χ1v) is 12.2. The summed E-state index contributed by atoms with van der Waals surface area (Å²) in [7, 11) is 0. The van der Waals surface area contributed by atoms with E-state index >= 15 is 0 Å². The summed E-state index contributed by atoms with van der Waals surface area (Å²) in [5.41, 5.74) is 1.94. The second-order valence-corrected chi connectivity index (χ2v) is 9.44. The number of aliphatic hydroxyl groups excluding tert-OH is 1. The Morgan fingerprint density at radius 2 is 1.82 bits per heavy atom. The molecule has 33 heavy (non-hydrogen) atoms. The van der Waals surface area contributed by atoms with Crippen LogP contribution in [0.2, 0.25) is 0 Å². The Morgan fingerprint density at radius 3 is 2.45 bits per heavy atom. The van der Waals surface area contributed by atoms with Crippen LogP contribution in [-0.4, -0.2) is 79.6 Å². The Hall–Kier alpha value is -2.13. The minimum absolute atomic E-state index is 0.112. The zero-order valence-electron chi connectivity index (χ0n) is 19.4. The van der Waals surface area contributed by atoms with Crippen molar-refractivity contribution < 1.29 is 19.4 Å². The summed E-state index contributed by atoms with van der Waals surface area (Å²) in [5.74, 6) is 1.16. The molecule has 180 valence electrons. The number of hydrogen-bond donors (Lipinski definition) is 2. The van der Waals surface area contributed by atoms with Gasteiger partial charge in [-0.15, -0.1) is 0 Å². The number of aliphatic hydroxyl groups is 1. The molecule has 1 unspecified atom stereocenters. The number of benzene rings is 2. The Kier molecular flexibility index (Phi) is 9.99. The van der Waals surface area contributed by atoms with Gasteiger partial charge in [-0.2, -0.15) is 0 Å². The first-order chi connectivity index (χ1) is 15.9. The number of anilines is 1. The summed E-state index contributed by atoms with van der Waals surface area (Å²) in [4.78, 5) is 16.9. The van der Waals surface area contributed by atoms with Crippen molar-refractivity contribution in [3.63, 3.8) is 0 Å². The van der Waals surface area contributed by atoms with E-state index in [0.717, 1.165) is 24.1 Å². The summed E-state index contributed by atoms with van der Waals surface area (Å²) >= 11 is 3.40. The second kappa shape index (κ2) is 12.9. The van der Waals surface area contributed by atoms with Gasteiger partial charge in [-0.05, 0) is 47.9 Å². The van der Waals surface area contributed by atoms with Gasteiger partial charge >= 0.3 is 6.03 Å². The lowest BCUT2D eigenvalue weighted by Gasteiger charge is -2.31. The molecule has 0 radical (unpaired) electrons. The van der Waals surface area contributed by atoms with Crippen molar-refractivity contribution in [3.05, 3.63) is 58.6 Å². The summed E-state index contributed by atoms with van der Waals surface area (Å²) < 4.78 is 12.1. The van der Waals surface area contributed by atoms with Crippen LogP contribution in [0, 0.1) is 0 Å². The van der Waals surface area contributed by atoms with E-state index in [4.69, 9.17) is 9.47 Å². The highest BCUT2D eigenvalue weighted by Crippen LogP contribution is 2.19. The van der Waals surface area contributed by atoms with Crippen LogP contribution >= 0.6 is 15.9 Å². The molecule has 0 bridgehead atoms. The van der Waals surface area contributed by atoms with E-state index in [1.807, 2.05) is 48.5 Å². The van der Waals surface area contributed by atoms with Gasteiger partial charge in [0.1, 0.15) is 18.5 Å². The third kappa shape index (κ3) is 8.62. The van der Waals surface area contributed by atoms with Crippen LogP contribution < -0.4 is 10.1 Å². The second-order valence-electron chi connectivity index (χ2n) is 8.53. The molecule has 0 aromatic heterocycles. The van der Waals surface area contributed by atoms with Crippen molar-refractivity contribution in [1.29, 1.82) is 0 Å². The van der Waals surface area contributed by atoms with E-state index in [0.29, 0.717) is 37.1 Å². The lowest BCUT2D eigenvalue weighted by molar-refractivity contribution is 0.0312. The maximum absolute atomic E-state index is 13.0. The molecule has 2 N–H and O–H groups in total. The molecular formula is C25H34BrN3O4. The maximum atomic E-state index is 13.0. The van der Waals surface area contributed by atoms with E-state index < -0.39 is 6.10 Å². The monoisotopic (exact) mass is 519 g/mol. The molecule has 2 aromatic rings. The van der Waals surface area contributed by atoms with Crippen LogP contribution in [0.5, 0.6) is 5.75 Å². The Morgan fingerprint density at radius 1 is 1.15 bits per heavy atom. The van der Waals surface area contributed by atoms with Crippen LogP contribution in [-0.2, 0) is 4.74 Å². The van der Waals surface area contributed by atoms with Gasteiger partial charge in [0.15, 0.2) is 0 Å². The van der Waals surface area contributed by atoms with Gasteiger partial charge in [0, 0.05) is 36.3 Å². The van der Waals surface area contributed by atoms with Gasteiger partial charge in [0.05, 0.1) is 19.8 Å². The molecule has 1 saturated heterocycles. The number of ether oxygens (including phenoxy) is 2. The number of nitrogens with zero attached hydrogens (tertiary/aromatic N) is 2. The van der Waals surface area contributed by atoms with E-state index in [-0.39, 0.29) is 19.2 Å². The van der Waals surface area contributed by atoms with Crippen molar-refractivity contribution in [3.8, 4) is 5.75 Å². The number of nitrogens with one attached hydrogen (secondary N) is 1. The van der Waals surface area contributed by atoms with Crippen LogP contribution in [0.3, 0.4) is 0 Å². The highest BCUT2D eigenvalue weighted by Gasteiger charge is 2.20. The summed E-state index contributed by atoms with van der Waals surface area (Å²) in [5, 5.41) is 13.5. The molecule has 7 nitrogen and oxygen atoms in total. The SMILES string of the molecule is CC(C)c1ccc(OCC(O)CN(CCN2CCOCC2)C(=O)Nc2ccc(Br)cc2)cc1. The number of rotatable bonds is 10. The molecular weight excluding hydrogens is 486 g/mol. The summed E-state index contributed by atoms with van der Waals surface area (Å²) in [6.45, 7) is 8.91. The fourth-order valence-electron chi connectivity index (χ4n) is 3.55. The Labute approximate surface area is 204 Å². The van der Waals surface area contributed by atoms with Gasteiger partial charge in [-0.3, -0.25) is 4.90 Å². The molecule has 1 aliphatic heterocycles. The lowest BCUT2D eigenvalue weighted by Crippen LogP contribution is -2.47. The largest absolute Gasteiger partial charge is 0.491 e. The zero-order valence-corrected chi connectivity index (χ0v) is 21.0. The molecule has 0 aliphatic carbocycles. The minimum atomic E-state index is -0.810. The average molecular weight is 520 g/mol. The normalized spacial score (nSPS) is 15.3. The Balaban J connectivity index is 1.56. The Bertz CT molecular complexity index is 855. The topological polar surface area (TPSA) is 74.3 Å². The fourth-order valence-corrected chi connectivity index (χ4v) is 3.81. The van der Waals surface area contributed by atoms with Crippen molar-refractivity contribution >= 4 is 27.6 Å². The predicted octanol–water partition coefficient (Wildman–Crippen LogP) is 4.18. The van der Waals surface area contributed by atoms with E-state index in [2.05, 4.69) is 40.0 Å². The first-order valence-electron chi connectivity index (χ1n) is 11.4. The quantitative estimate of drug-likeness (QED) is 0.492. The number of carbonyl (C=O) groups excluding carboxylic acids is 1. The van der Waals surface area contributed by atoms with Crippen molar-refractivity contribution in [1.82, 2.24) is 9.80 Å². The molecule has 2 amide bonds. The van der Waals surface area contributed by atoms with E-state index in [1.165, 1.54) is 5.56 Å². The number of hydrogen-bond acceptors (Lipinski definition) is 5. The fraction of sp³-hybridized carbons (Fsp3) is 0.480. The zero-order chi connectivity index (χ0) is 23.6. The highest BCUT2D eigenvalue weighted by atomic mass is 79.9. The molecule has 1 atom stereocenters. The molecule has 1 aliphatic rings. The van der Waals surface area contributed by atoms with Crippen LogP contribution in [0.1, 0.15) is 25.3 Å².